The zero-order valence-electron chi connectivity index (χ0n) is 10.9. The fourth-order valence-electron chi connectivity index (χ4n) is 2.08. The molecule has 18 heavy (non-hydrogen) atoms. The highest BCUT2D eigenvalue weighted by molar-refractivity contribution is 6.31. The average Bonchev–Trinajstić information content (AvgIpc) is 2.33. The van der Waals surface area contributed by atoms with Crippen molar-refractivity contribution >= 4 is 11.6 Å². The summed E-state index contributed by atoms with van der Waals surface area (Å²) in [7, 11) is 0. The smallest absolute Gasteiger partial charge is 0.128 e. The van der Waals surface area contributed by atoms with Gasteiger partial charge in [-0.3, -0.25) is 0 Å². The lowest BCUT2D eigenvalue weighted by atomic mass is 9.86. The molecule has 2 N–H and O–H groups in total. The van der Waals surface area contributed by atoms with Gasteiger partial charge in [-0.1, -0.05) is 18.5 Å². The molecule has 1 saturated carbocycles. The largest absolute Gasteiger partial charge is 0.488 e. The Labute approximate surface area is 113 Å². The van der Waals surface area contributed by atoms with E-state index >= 15 is 0 Å². The third-order valence-corrected chi connectivity index (χ3v) is 3.65. The van der Waals surface area contributed by atoms with Gasteiger partial charge in [-0.15, -0.1) is 0 Å². The third-order valence-electron chi connectivity index (χ3n) is 3.22. The van der Waals surface area contributed by atoms with Crippen molar-refractivity contribution in [1.29, 1.82) is 0 Å². The van der Waals surface area contributed by atoms with Crippen molar-refractivity contribution in [3.63, 3.8) is 0 Å². The Kier molecular flexibility index (Phi) is 4.49. The van der Waals surface area contributed by atoms with Crippen LogP contribution in [0.15, 0.2) is 18.2 Å². The van der Waals surface area contributed by atoms with Crippen LogP contribution in [-0.4, -0.2) is 24.9 Å². The molecule has 1 aliphatic carbocycles. The highest BCUT2D eigenvalue weighted by Crippen LogP contribution is 2.29. The summed E-state index contributed by atoms with van der Waals surface area (Å²) in [5, 5.41) is 0.756. The highest BCUT2D eigenvalue weighted by Gasteiger charge is 2.41. The first-order valence-corrected chi connectivity index (χ1v) is 6.79. The molecule has 0 aromatic heterocycles. The number of rotatable bonds is 5. The second-order valence-corrected chi connectivity index (χ2v) is 5.21. The number of hydrogen-bond donors (Lipinski definition) is 1. The van der Waals surface area contributed by atoms with Crippen LogP contribution in [0, 0.1) is 6.92 Å². The molecule has 0 heterocycles. The van der Waals surface area contributed by atoms with Crippen LogP contribution in [0.1, 0.15) is 25.3 Å². The Bertz CT molecular complexity index is 411. The molecule has 0 spiro atoms. The van der Waals surface area contributed by atoms with Crippen LogP contribution in [0.25, 0.3) is 0 Å². The predicted octanol–water partition coefficient (Wildman–Crippen LogP) is 2.92. The van der Waals surface area contributed by atoms with Crippen molar-refractivity contribution in [2.75, 3.05) is 6.61 Å². The van der Waals surface area contributed by atoms with Crippen LogP contribution < -0.4 is 10.5 Å². The van der Waals surface area contributed by atoms with Gasteiger partial charge in [0.2, 0.25) is 0 Å². The highest BCUT2D eigenvalue weighted by atomic mass is 35.5. The normalized spacial score (nSPS) is 26.8. The summed E-state index contributed by atoms with van der Waals surface area (Å²) in [6.45, 7) is 4.78. The van der Waals surface area contributed by atoms with Crippen LogP contribution in [0.2, 0.25) is 5.02 Å². The number of hydrogen-bond acceptors (Lipinski definition) is 3. The van der Waals surface area contributed by atoms with E-state index in [9.17, 15) is 0 Å². The summed E-state index contributed by atoms with van der Waals surface area (Å²) in [4.78, 5) is 0. The minimum absolute atomic E-state index is 0.0148. The summed E-state index contributed by atoms with van der Waals surface area (Å²) in [5.41, 5.74) is 6.95. The molecule has 100 valence electrons. The number of benzene rings is 1. The summed E-state index contributed by atoms with van der Waals surface area (Å²) in [5.74, 6) is 0.832. The Morgan fingerprint density at radius 1 is 1.44 bits per heavy atom. The Morgan fingerprint density at radius 2 is 2.22 bits per heavy atom. The van der Waals surface area contributed by atoms with Crippen LogP contribution in [-0.2, 0) is 4.74 Å². The topological polar surface area (TPSA) is 44.5 Å². The van der Waals surface area contributed by atoms with Crippen molar-refractivity contribution in [2.45, 2.75) is 44.9 Å². The monoisotopic (exact) mass is 269 g/mol. The minimum Gasteiger partial charge on any atom is -0.488 e. The molecule has 2 rings (SSSR count). The van der Waals surface area contributed by atoms with Gasteiger partial charge in [0, 0.05) is 24.1 Å². The second-order valence-electron chi connectivity index (χ2n) is 4.80. The molecule has 1 aromatic carbocycles. The van der Waals surface area contributed by atoms with Gasteiger partial charge in [0.1, 0.15) is 18.0 Å². The predicted molar refractivity (Wildman–Crippen MR) is 73.2 cm³/mol. The number of halogens is 1. The van der Waals surface area contributed by atoms with E-state index in [4.69, 9.17) is 26.8 Å². The molecule has 0 saturated heterocycles. The van der Waals surface area contributed by atoms with Crippen molar-refractivity contribution in [1.82, 2.24) is 0 Å². The van der Waals surface area contributed by atoms with Crippen molar-refractivity contribution in [3.05, 3.63) is 28.8 Å². The zero-order valence-corrected chi connectivity index (χ0v) is 11.6. The zero-order chi connectivity index (χ0) is 13.1. The van der Waals surface area contributed by atoms with E-state index in [0.717, 1.165) is 35.8 Å². The first-order chi connectivity index (χ1) is 8.61. The van der Waals surface area contributed by atoms with Gasteiger partial charge in [-0.25, -0.2) is 0 Å². The van der Waals surface area contributed by atoms with Crippen LogP contribution in [0.3, 0.4) is 0 Å². The fraction of sp³-hybridized carbons (Fsp3) is 0.571. The summed E-state index contributed by atoms with van der Waals surface area (Å²) < 4.78 is 11.6. The third kappa shape index (κ3) is 2.97. The lowest BCUT2D eigenvalue weighted by Crippen LogP contribution is -2.59. The molecule has 1 aliphatic rings. The second kappa shape index (κ2) is 5.91. The lowest BCUT2D eigenvalue weighted by Gasteiger charge is -2.41. The van der Waals surface area contributed by atoms with Gasteiger partial charge in [0.25, 0.3) is 0 Å². The molecular weight excluding hydrogens is 250 g/mol. The van der Waals surface area contributed by atoms with Gasteiger partial charge in [0.15, 0.2) is 0 Å². The van der Waals surface area contributed by atoms with Crippen molar-refractivity contribution in [3.8, 4) is 5.75 Å². The number of aryl methyl sites for hydroxylation is 1. The van der Waals surface area contributed by atoms with Crippen LogP contribution in [0.4, 0.5) is 0 Å². The summed E-state index contributed by atoms with van der Waals surface area (Å²) >= 11 is 5.99. The molecule has 0 aliphatic heterocycles. The maximum absolute atomic E-state index is 5.99. The van der Waals surface area contributed by atoms with E-state index in [0.29, 0.717) is 0 Å². The van der Waals surface area contributed by atoms with Gasteiger partial charge in [0.05, 0.1) is 0 Å². The minimum atomic E-state index is 0.0148. The van der Waals surface area contributed by atoms with Crippen LogP contribution >= 0.6 is 11.6 Å². The average molecular weight is 270 g/mol. The summed E-state index contributed by atoms with van der Waals surface area (Å²) in [6, 6.07) is 5.78. The Morgan fingerprint density at radius 3 is 2.83 bits per heavy atom. The van der Waals surface area contributed by atoms with E-state index in [-0.39, 0.29) is 18.2 Å². The number of nitrogens with two attached hydrogens (primary N) is 1. The van der Waals surface area contributed by atoms with Gasteiger partial charge in [-0.05, 0) is 37.1 Å². The molecule has 3 unspecified atom stereocenters. The quantitative estimate of drug-likeness (QED) is 0.894. The van der Waals surface area contributed by atoms with Crippen LogP contribution in [0.5, 0.6) is 5.75 Å². The fourth-order valence-corrected chi connectivity index (χ4v) is 2.20. The molecule has 1 aromatic rings. The van der Waals surface area contributed by atoms with E-state index in [1.165, 1.54) is 0 Å². The molecule has 4 heteroatoms. The molecule has 0 amide bonds. The maximum atomic E-state index is 5.99. The van der Waals surface area contributed by atoms with Gasteiger partial charge < -0.3 is 15.2 Å². The molecule has 0 radical (unpaired) electrons. The Balaban J connectivity index is 1.94. The van der Waals surface area contributed by atoms with E-state index < -0.39 is 0 Å². The SMILES string of the molecule is CCCOC1C(N)CC1Oc1ccc(Cl)c(C)c1. The van der Waals surface area contributed by atoms with E-state index in [2.05, 4.69) is 6.92 Å². The molecule has 1 fully saturated rings. The lowest BCUT2D eigenvalue weighted by molar-refractivity contribution is -0.0980. The first kappa shape index (κ1) is 13.7. The maximum Gasteiger partial charge on any atom is 0.128 e. The summed E-state index contributed by atoms with van der Waals surface area (Å²) in [6.07, 6.45) is 1.92. The van der Waals surface area contributed by atoms with Crippen molar-refractivity contribution < 1.29 is 9.47 Å². The Hall–Kier alpha value is -0.770. The van der Waals surface area contributed by atoms with E-state index in [1.807, 2.05) is 25.1 Å². The molecule has 3 atom stereocenters. The number of ether oxygens (including phenoxy) is 2. The van der Waals surface area contributed by atoms with Gasteiger partial charge in [-0.2, -0.15) is 0 Å². The van der Waals surface area contributed by atoms with Gasteiger partial charge >= 0.3 is 0 Å². The molecule has 0 bridgehead atoms. The van der Waals surface area contributed by atoms with Crippen molar-refractivity contribution in [2.24, 2.45) is 5.73 Å². The standard InChI is InChI=1S/C14H20ClNO2/c1-3-6-17-14-12(16)8-13(14)18-10-4-5-11(15)9(2)7-10/h4-5,7,12-14H,3,6,8,16H2,1-2H3. The molecule has 3 nitrogen and oxygen atoms in total. The van der Waals surface area contributed by atoms with E-state index in [1.54, 1.807) is 0 Å². The first-order valence-electron chi connectivity index (χ1n) is 6.41. The molecular formula is C14H20ClNO2.